The molecule has 0 spiro atoms. The van der Waals surface area contributed by atoms with Crippen molar-refractivity contribution < 1.29 is 5.11 Å². The van der Waals surface area contributed by atoms with Crippen molar-refractivity contribution >= 4 is 11.9 Å². The monoisotopic (exact) mass is 290 g/mol. The van der Waals surface area contributed by atoms with E-state index in [0.29, 0.717) is 23.8 Å². The van der Waals surface area contributed by atoms with Gasteiger partial charge in [0.15, 0.2) is 0 Å². The molecule has 1 unspecified atom stereocenters. The summed E-state index contributed by atoms with van der Waals surface area (Å²) in [4.78, 5) is 15.0. The average Bonchev–Trinajstić information content (AvgIpc) is 3.18. The Kier molecular flexibility index (Phi) is 3.93. The summed E-state index contributed by atoms with van der Waals surface area (Å²) < 4.78 is 1.56. The number of hydrogen-bond acceptors (Lipinski definition) is 8. The Morgan fingerprint density at radius 2 is 2.19 bits per heavy atom. The second kappa shape index (κ2) is 6.02. The molecule has 1 atom stereocenters. The van der Waals surface area contributed by atoms with Crippen LogP contribution in [0, 0.1) is 5.92 Å². The van der Waals surface area contributed by atoms with E-state index >= 15 is 0 Å². The highest BCUT2D eigenvalue weighted by Crippen LogP contribution is 2.23. The van der Waals surface area contributed by atoms with E-state index in [1.807, 2.05) is 0 Å². The van der Waals surface area contributed by atoms with Gasteiger partial charge in [0, 0.05) is 32.1 Å². The number of aliphatic hydroxyl groups excluding tert-OH is 1. The number of hydrogen-bond donors (Lipinski definition) is 3. The minimum atomic E-state index is 0.212. The number of nitrogens with two attached hydrogens (primary N) is 1. The van der Waals surface area contributed by atoms with Gasteiger partial charge >= 0.3 is 0 Å². The van der Waals surface area contributed by atoms with Crippen LogP contribution in [0.4, 0.5) is 11.9 Å². The molecule has 1 aliphatic rings. The highest BCUT2D eigenvalue weighted by Gasteiger charge is 2.25. The second-order valence-corrected chi connectivity index (χ2v) is 4.97. The van der Waals surface area contributed by atoms with Gasteiger partial charge in [-0.05, 0) is 24.8 Å². The molecule has 1 fully saturated rings. The van der Waals surface area contributed by atoms with Crippen molar-refractivity contribution in [1.29, 1.82) is 0 Å². The van der Waals surface area contributed by atoms with Crippen LogP contribution < -0.4 is 16.2 Å². The van der Waals surface area contributed by atoms with Crippen molar-refractivity contribution in [1.82, 2.24) is 24.7 Å². The van der Waals surface area contributed by atoms with Crippen LogP contribution in [0.25, 0.3) is 5.95 Å². The number of hydrazine groups is 1. The van der Waals surface area contributed by atoms with Crippen LogP contribution in [0.2, 0.25) is 0 Å². The van der Waals surface area contributed by atoms with Crippen molar-refractivity contribution in [2.24, 2.45) is 11.8 Å². The first-order valence-corrected chi connectivity index (χ1v) is 6.88. The van der Waals surface area contributed by atoms with E-state index in [4.69, 9.17) is 10.9 Å². The minimum absolute atomic E-state index is 0.212. The van der Waals surface area contributed by atoms with Crippen LogP contribution in [0.15, 0.2) is 18.5 Å². The quantitative estimate of drug-likeness (QED) is 0.500. The summed E-state index contributed by atoms with van der Waals surface area (Å²) in [5.41, 5.74) is 2.46. The van der Waals surface area contributed by atoms with E-state index in [0.717, 1.165) is 25.9 Å². The van der Waals surface area contributed by atoms with Crippen LogP contribution in [0.1, 0.15) is 12.8 Å². The maximum Gasteiger partial charge on any atom is 0.257 e. The maximum atomic E-state index is 9.04. The third-order valence-corrected chi connectivity index (χ3v) is 3.56. The van der Waals surface area contributed by atoms with Crippen molar-refractivity contribution in [3.8, 4) is 5.95 Å². The molecule has 0 amide bonds. The van der Waals surface area contributed by atoms with Crippen molar-refractivity contribution in [2.45, 2.75) is 12.8 Å². The molecule has 0 aliphatic carbocycles. The normalized spacial score (nSPS) is 18.2. The van der Waals surface area contributed by atoms with E-state index in [-0.39, 0.29) is 6.61 Å². The molecule has 112 valence electrons. The Labute approximate surface area is 121 Å². The first kappa shape index (κ1) is 13.7. The topological polar surface area (TPSA) is 118 Å². The predicted octanol–water partition coefficient (Wildman–Crippen LogP) is -0.448. The molecule has 4 N–H and O–H groups in total. The first-order chi connectivity index (χ1) is 10.3. The van der Waals surface area contributed by atoms with Crippen LogP contribution >= 0.6 is 0 Å². The standard InChI is InChI=1S/C12H18N8O/c13-18-10-15-11(19-6-2-9(8-19)3-7-21)17-12(16-10)20-5-1-4-14-20/h1,4-5,9,21H,2-3,6-8,13H2,(H,15,16,17,18). The van der Waals surface area contributed by atoms with Gasteiger partial charge in [-0.15, -0.1) is 0 Å². The smallest absolute Gasteiger partial charge is 0.257 e. The third kappa shape index (κ3) is 2.93. The zero-order chi connectivity index (χ0) is 14.7. The highest BCUT2D eigenvalue weighted by atomic mass is 16.3. The molecule has 0 bridgehead atoms. The lowest BCUT2D eigenvalue weighted by molar-refractivity contribution is 0.263. The summed E-state index contributed by atoms with van der Waals surface area (Å²) in [6, 6.07) is 1.80. The van der Waals surface area contributed by atoms with Crippen molar-refractivity contribution in [3.05, 3.63) is 18.5 Å². The van der Waals surface area contributed by atoms with E-state index in [1.54, 1.807) is 23.1 Å². The van der Waals surface area contributed by atoms with Crippen LogP contribution in [0.3, 0.4) is 0 Å². The summed E-state index contributed by atoms with van der Waals surface area (Å²) in [6.45, 7) is 1.90. The van der Waals surface area contributed by atoms with Gasteiger partial charge in [0.2, 0.25) is 11.9 Å². The van der Waals surface area contributed by atoms with Crippen molar-refractivity contribution in [3.63, 3.8) is 0 Å². The fraction of sp³-hybridized carbons (Fsp3) is 0.500. The van der Waals surface area contributed by atoms with Gasteiger partial charge in [-0.3, -0.25) is 5.43 Å². The van der Waals surface area contributed by atoms with Gasteiger partial charge in [0.25, 0.3) is 5.95 Å². The van der Waals surface area contributed by atoms with Crippen LogP contribution in [-0.2, 0) is 0 Å². The number of nitrogen functional groups attached to an aromatic ring is 1. The van der Waals surface area contributed by atoms with Gasteiger partial charge in [0.1, 0.15) is 0 Å². The van der Waals surface area contributed by atoms with Crippen LogP contribution in [-0.4, -0.2) is 49.5 Å². The third-order valence-electron chi connectivity index (χ3n) is 3.56. The van der Waals surface area contributed by atoms with Gasteiger partial charge in [0.05, 0.1) is 0 Å². The molecule has 0 saturated carbocycles. The molecular formula is C12H18N8O. The lowest BCUT2D eigenvalue weighted by atomic mass is 10.1. The van der Waals surface area contributed by atoms with E-state index in [9.17, 15) is 0 Å². The Balaban J connectivity index is 1.87. The van der Waals surface area contributed by atoms with Gasteiger partial charge in [-0.2, -0.15) is 20.1 Å². The molecule has 21 heavy (non-hydrogen) atoms. The molecule has 1 saturated heterocycles. The first-order valence-electron chi connectivity index (χ1n) is 6.88. The fourth-order valence-corrected chi connectivity index (χ4v) is 2.48. The lowest BCUT2D eigenvalue weighted by Crippen LogP contribution is -2.25. The SMILES string of the molecule is NNc1nc(N2CCC(CCO)C2)nc(-n2cccn2)n1. The largest absolute Gasteiger partial charge is 0.396 e. The maximum absolute atomic E-state index is 9.04. The zero-order valence-corrected chi connectivity index (χ0v) is 11.6. The molecule has 0 radical (unpaired) electrons. The number of nitrogens with zero attached hydrogens (tertiary/aromatic N) is 6. The molecule has 2 aromatic heterocycles. The molecule has 9 heteroatoms. The van der Waals surface area contributed by atoms with Gasteiger partial charge in [-0.25, -0.2) is 10.5 Å². The van der Waals surface area contributed by atoms with Gasteiger partial charge in [-0.1, -0.05) is 0 Å². The Morgan fingerprint density at radius 1 is 1.33 bits per heavy atom. The van der Waals surface area contributed by atoms with Crippen molar-refractivity contribution in [2.75, 3.05) is 30.0 Å². The Bertz CT molecular complexity index is 587. The number of aliphatic hydroxyl groups is 1. The summed E-state index contributed by atoms with van der Waals surface area (Å²) >= 11 is 0. The summed E-state index contributed by atoms with van der Waals surface area (Å²) in [5.74, 6) is 7.19. The van der Waals surface area contributed by atoms with Crippen LogP contribution in [0.5, 0.6) is 0 Å². The number of anilines is 2. The molecule has 3 heterocycles. The Hall–Kier alpha value is -2.26. The molecule has 3 rings (SSSR count). The predicted molar refractivity (Wildman–Crippen MR) is 76.8 cm³/mol. The number of aromatic nitrogens is 5. The Morgan fingerprint density at radius 3 is 2.90 bits per heavy atom. The molecule has 1 aliphatic heterocycles. The van der Waals surface area contributed by atoms with E-state index < -0.39 is 0 Å². The van der Waals surface area contributed by atoms with E-state index in [1.165, 1.54) is 0 Å². The summed E-state index contributed by atoms with van der Waals surface area (Å²) in [7, 11) is 0. The zero-order valence-electron chi connectivity index (χ0n) is 11.6. The number of rotatable bonds is 5. The molecule has 2 aromatic rings. The number of nitrogens with one attached hydrogen (secondary N) is 1. The van der Waals surface area contributed by atoms with E-state index in [2.05, 4.69) is 30.4 Å². The van der Waals surface area contributed by atoms with Gasteiger partial charge < -0.3 is 10.0 Å². The molecular weight excluding hydrogens is 272 g/mol. The minimum Gasteiger partial charge on any atom is -0.396 e. The highest BCUT2D eigenvalue weighted by molar-refractivity contribution is 5.40. The molecule has 9 nitrogen and oxygen atoms in total. The summed E-state index contributed by atoms with van der Waals surface area (Å²) in [6.07, 6.45) is 5.24. The lowest BCUT2D eigenvalue weighted by Gasteiger charge is -2.17. The second-order valence-electron chi connectivity index (χ2n) is 4.97. The molecule has 0 aromatic carbocycles. The average molecular weight is 290 g/mol. The summed E-state index contributed by atoms with van der Waals surface area (Å²) in [5, 5.41) is 13.2. The fourth-order valence-electron chi connectivity index (χ4n) is 2.48.